The fraction of sp³-hybridized carbons (Fsp3) is 0.926. The van der Waals surface area contributed by atoms with Crippen molar-refractivity contribution in [1.29, 1.82) is 0 Å². The number of amides is 2. The highest BCUT2D eigenvalue weighted by Crippen LogP contribution is 2.26. The van der Waals surface area contributed by atoms with E-state index in [0.717, 1.165) is 63.7 Å². The molecule has 0 spiro atoms. The third-order valence-corrected chi connectivity index (χ3v) is 8.15. The van der Waals surface area contributed by atoms with E-state index in [2.05, 4.69) is 49.7 Å². The first kappa shape index (κ1) is 26.5. The highest BCUT2D eigenvalue weighted by molar-refractivity contribution is 5.90. The number of piperazine rings is 1. The average Bonchev–Trinajstić information content (AvgIpc) is 3.20. The number of nitrogens with zero attached hydrogens (tertiary/aromatic N) is 3. The molecule has 1 N–H and O–H groups in total. The van der Waals surface area contributed by atoms with Crippen LogP contribution < -0.4 is 5.32 Å². The fourth-order valence-electron chi connectivity index (χ4n) is 5.93. The Kier molecular flexibility index (Phi) is 10.0. The van der Waals surface area contributed by atoms with Gasteiger partial charge >= 0.3 is 0 Å². The summed E-state index contributed by atoms with van der Waals surface area (Å²) in [6.45, 7) is 16.7. The minimum Gasteiger partial charge on any atom is -0.341 e. The van der Waals surface area contributed by atoms with E-state index in [0.29, 0.717) is 18.4 Å². The van der Waals surface area contributed by atoms with Gasteiger partial charge in [0, 0.05) is 32.2 Å². The van der Waals surface area contributed by atoms with Gasteiger partial charge in [0.05, 0.1) is 6.04 Å². The molecule has 3 fully saturated rings. The number of likely N-dealkylation sites (tertiary alicyclic amines) is 2. The molecule has 0 bridgehead atoms. The molecule has 6 heteroatoms. The zero-order valence-corrected chi connectivity index (χ0v) is 22.0. The first-order valence-electron chi connectivity index (χ1n) is 13.8. The first-order chi connectivity index (χ1) is 15.8. The van der Waals surface area contributed by atoms with Crippen LogP contribution in [-0.4, -0.2) is 83.9 Å². The summed E-state index contributed by atoms with van der Waals surface area (Å²) in [5.74, 6) is 2.02. The van der Waals surface area contributed by atoms with Crippen molar-refractivity contribution in [2.24, 2.45) is 17.8 Å². The SMILES string of the molecule is CC(C)CC[C@@H]1NCCN([C@@H](CC(C)C)C(=O)N2CCC(CCN3CCC[C@H]3C)CC2)C1=O. The molecule has 0 saturated carbocycles. The summed E-state index contributed by atoms with van der Waals surface area (Å²) in [4.78, 5) is 33.6. The number of rotatable bonds is 10. The van der Waals surface area contributed by atoms with Gasteiger partial charge in [0.15, 0.2) is 0 Å². The first-order valence-corrected chi connectivity index (χ1v) is 13.8. The minimum atomic E-state index is -0.303. The van der Waals surface area contributed by atoms with Crippen molar-refractivity contribution in [2.75, 3.05) is 39.3 Å². The molecule has 0 aromatic heterocycles. The standard InChI is InChI=1S/C27H50N4O2/c1-20(2)8-9-24-26(32)31(18-13-28-24)25(19-21(3)4)27(33)30-16-11-23(12-17-30)10-15-29-14-6-7-22(29)5/h20-25,28H,6-19H2,1-5H3/t22-,24+,25+/m1/s1. The Labute approximate surface area is 202 Å². The van der Waals surface area contributed by atoms with Gasteiger partial charge in [-0.2, -0.15) is 0 Å². The van der Waals surface area contributed by atoms with E-state index in [1.165, 1.54) is 32.4 Å². The zero-order chi connectivity index (χ0) is 24.0. The molecular formula is C27H50N4O2. The van der Waals surface area contributed by atoms with Gasteiger partial charge in [-0.1, -0.05) is 27.7 Å². The lowest BCUT2D eigenvalue weighted by Crippen LogP contribution is -2.62. The summed E-state index contributed by atoms with van der Waals surface area (Å²) in [5, 5.41) is 3.41. The maximum Gasteiger partial charge on any atom is 0.245 e. The van der Waals surface area contributed by atoms with Crippen LogP contribution in [0, 0.1) is 17.8 Å². The molecule has 0 radical (unpaired) electrons. The van der Waals surface area contributed by atoms with Gasteiger partial charge in [-0.15, -0.1) is 0 Å². The molecular weight excluding hydrogens is 412 g/mol. The summed E-state index contributed by atoms with van der Waals surface area (Å²) in [5.41, 5.74) is 0. The van der Waals surface area contributed by atoms with Crippen molar-refractivity contribution in [3.63, 3.8) is 0 Å². The van der Waals surface area contributed by atoms with Crippen LogP contribution in [-0.2, 0) is 9.59 Å². The van der Waals surface area contributed by atoms with Crippen molar-refractivity contribution in [3.8, 4) is 0 Å². The molecule has 0 aromatic rings. The van der Waals surface area contributed by atoms with E-state index in [9.17, 15) is 9.59 Å². The molecule has 3 saturated heterocycles. The van der Waals surface area contributed by atoms with E-state index in [1.54, 1.807) is 0 Å². The molecule has 3 atom stereocenters. The molecule has 0 unspecified atom stereocenters. The summed E-state index contributed by atoms with van der Waals surface area (Å²) < 4.78 is 0. The van der Waals surface area contributed by atoms with Gasteiger partial charge in [-0.05, 0) is 89.1 Å². The van der Waals surface area contributed by atoms with Crippen LogP contribution in [0.2, 0.25) is 0 Å². The Balaban J connectivity index is 1.55. The van der Waals surface area contributed by atoms with Crippen LogP contribution >= 0.6 is 0 Å². The molecule has 6 nitrogen and oxygen atoms in total. The number of carbonyl (C=O) groups excluding carboxylic acids is 2. The van der Waals surface area contributed by atoms with E-state index < -0.39 is 0 Å². The Bertz CT molecular complexity index is 630. The lowest BCUT2D eigenvalue weighted by Gasteiger charge is -2.42. The lowest BCUT2D eigenvalue weighted by atomic mass is 9.91. The molecule has 2 amide bonds. The van der Waals surface area contributed by atoms with Gasteiger partial charge in [0.25, 0.3) is 0 Å². The van der Waals surface area contributed by atoms with Crippen molar-refractivity contribution in [2.45, 2.75) is 104 Å². The molecule has 3 heterocycles. The van der Waals surface area contributed by atoms with Gasteiger partial charge in [0.1, 0.15) is 6.04 Å². The number of piperidine rings is 1. The molecule has 190 valence electrons. The van der Waals surface area contributed by atoms with Crippen LogP contribution in [0.1, 0.15) is 86.0 Å². The lowest BCUT2D eigenvalue weighted by molar-refractivity contribution is -0.150. The monoisotopic (exact) mass is 462 g/mol. The van der Waals surface area contributed by atoms with E-state index in [4.69, 9.17) is 0 Å². The Morgan fingerprint density at radius 1 is 1.00 bits per heavy atom. The van der Waals surface area contributed by atoms with Crippen LogP contribution in [0.15, 0.2) is 0 Å². The second-order valence-corrected chi connectivity index (χ2v) is 11.7. The molecule has 0 aromatic carbocycles. The van der Waals surface area contributed by atoms with Crippen molar-refractivity contribution < 1.29 is 9.59 Å². The van der Waals surface area contributed by atoms with Crippen molar-refractivity contribution >= 4 is 11.8 Å². The summed E-state index contributed by atoms with van der Waals surface area (Å²) in [7, 11) is 0. The van der Waals surface area contributed by atoms with Gasteiger partial charge in [-0.25, -0.2) is 0 Å². The van der Waals surface area contributed by atoms with Crippen LogP contribution in [0.3, 0.4) is 0 Å². The molecule has 0 aliphatic carbocycles. The average molecular weight is 463 g/mol. The van der Waals surface area contributed by atoms with Gasteiger partial charge < -0.3 is 20.0 Å². The van der Waals surface area contributed by atoms with Crippen LogP contribution in [0.5, 0.6) is 0 Å². The van der Waals surface area contributed by atoms with Crippen molar-refractivity contribution in [3.05, 3.63) is 0 Å². The summed E-state index contributed by atoms with van der Waals surface area (Å²) in [6.07, 6.45) is 8.80. The van der Waals surface area contributed by atoms with Gasteiger partial charge in [-0.3, -0.25) is 9.59 Å². The zero-order valence-electron chi connectivity index (χ0n) is 22.0. The van der Waals surface area contributed by atoms with E-state index in [1.807, 2.05) is 4.90 Å². The number of nitrogens with one attached hydrogen (secondary N) is 1. The Hall–Kier alpha value is -1.14. The van der Waals surface area contributed by atoms with Crippen LogP contribution in [0.25, 0.3) is 0 Å². The summed E-state index contributed by atoms with van der Waals surface area (Å²) in [6, 6.07) is 0.301. The minimum absolute atomic E-state index is 0.135. The second-order valence-electron chi connectivity index (χ2n) is 11.7. The third-order valence-electron chi connectivity index (χ3n) is 8.15. The molecule has 33 heavy (non-hydrogen) atoms. The number of hydrogen-bond donors (Lipinski definition) is 1. The molecule has 3 aliphatic heterocycles. The highest BCUT2D eigenvalue weighted by atomic mass is 16.2. The second kappa shape index (κ2) is 12.5. The quantitative estimate of drug-likeness (QED) is 0.537. The predicted molar refractivity (Wildman–Crippen MR) is 135 cm³/mol. The maximum absolute atomic E-state index is 13.7. The van der Waals surface area contributed by atoms with Crippen molar-refractivity contribution in [1.82, 2.24) is 20.0 Å². The normalized spacial score (nSPS) is 26.6. The fourth-order valence-corrected chi connectivity index (χ4v) is 5.93. The molecule has 3 aliphatic rings. The smallest absolute Gasteiger partial charge is 0.245 e. The van der Waals surface area contributed by atoms with E-state index in [-0.39, 0.29) is 23.9 Å². The largest absolute Gasteiger partial charge is 0.341 e. The third kappa shape index (κ3) is 7.42. The summed E-state index contributed by atoms with van der Waals surface area (Å²) >= 11 is 0. The topological polar surface area (TPSA) is 55.9 Å². The Morgan fingerprint density at radius 3 is 2.33 bits per heavy atom. The molecule has 3 rings (SSSR count). The highest BCUT2D eigenvalue weighted by Gasteiger charge is 2.39. The van der Waals surface area contributed by atoms with Gasteiger partial charge in [0.2, 0.25) is 11.8 Å². The predicted octanol–water partition coefficient (Wildman–Crippen LogP) is 3.75. The Morgan fingerprint density at radius 2 is 1.73 bits per heavy atom. The maximum atomic E-state index is 13.7. The number of hydrogen-bond acceptors (Lipinski definition) is 4. The number of carbonyl (C=O) groups is 2. The van der Waals surface area contributed by atoms with E-state index >= 15 is 0 Å². The van der Waals surface area contributed by atoms with Crippen LogP contribution in [0.4, 0.5) is 0 Å².